The van der Waals surface area contributed by atoms with Gasteiger partial charge in [0.25, 0.3) is 0 Å². The van der Waals surface area contributed by atoms with E-state index in [0.717, 1.165) is 22.3 Å². The lowest BCUT2D eigenvalue weighted by Crippen LogP contribution is -2.01. The molecule has 2 aromatic rings. The first-order valence-corrected chi connectivity index (χ1v) is 5.47. The molecule has 0 heterocycles. The van der Waals surface area contributed by atoms with E-state index in [1.807, 2.05) is 48.5 Å². The van der Waals surface area contributed by atoms with Crippen molar-refractivity contribution in [1.29, 1.82) is 5.41 Å². The minimum Gasteiger partial charge on any atom is -0.300 e. The van der Waals surface area contributed by atoms with Gasteiger partial charge in [-0.05, 0) is 24.3 Å². The highest BCUT2D eigenvalue weighted by Gasteiger charge is 2.04. The highest BCUT2D eigenvalue weighted by atomic mass is 14.4. The fourth-order valence-corrected chi connectivity index (χ4v) is 1.63. The third-order valence-electron chi connectivity index (χ3n) is 2.68. The molecule has 0 radical (unpaired) electrons. The Kier molecular flexibility index (Phi) is 3.28. The Labute approximate surface area is 107 Å². The summed E-state index contributed by atoms with van der Waals surface area (Å²) in [7, 11) is 0. The Balaban J connectivity index is 2.30. The van der Waals surface area contributed by atoms with Crippen LogP contribution in [0, 0.1) is 30.1 Å². The monoisotopic (exact) mass is 229 g/mol. The average molecular weight is 229 g/mol. The van der Waals surface area contributed by atoms with Gasteiger partial charge in [0, 0.05) is 22.3 Å². The van der Waals surface area contributed by atoms with Crippen LogP contribution in [0.2, 0.25) is 0 Å². The highest BCUT2D eigenvalue weighted by Crippen LogP contribution is 2.11. The van der Waals surface area contributed by atoms with Crippen LogP contribution in [0.25, 0.3) is 0 Å². The van der Waals surface area contributed by atoms with Gasteiger partial charge in [-0.2, -0.15) is 0 Å². The number of hydrogen-bond donors (Lipinski definition) is 1. The molecule has 0 atom stereocenters. The van der Waals surface area contributed by atoms with E-state index in [-0.39, 0.29) is 0 Å². The van der Waals surface area contributed by atoms with Crippen LogP contribution >= 0.6 is 0 Å². The van der Waals surface area contributed by atoms with Crippen molar-refractivity contribution < 1.29 is 0 Å². The summed E-state index contributed by atoms with van der Waals surface area (Å²) < 4.78 is 0. The molecule has 84 valence electrons. The molecule has 0 spiro atoms. The molecule has 0 saturated heterocycles. The lowest BCUT2D eigenvalue weighted by molar-refractivity contribution is 1.45. The molecular formula is C17H11N. The van der Waals surface area contributed by atoms with Crippen molar-refractivity contribution in [2.75, 3.05) is 0 Å². The quantitative estimate of drug-likeness (QED) is 0.604. The van der Waals surface area contributed by atoms with Gasteiger partial charge in [-0.25, -0.2) is 0 Å². The van der Waals surface area contributed by atoms with Gasteiger partial charge in [0.1, 0.15) is 0 Å². The second kappa shape index (κ2) is 5.04. The minimum absolute atomic E-state index is 0.460. The van der Waals surface area contributed by atoms with Crippen molar-refractivity contribution >= 4 is 5.71 Å². The lowest BCUT2D eigenvalue weighted by Gasteiger charge is -2.04. The van der Waals surface area contributed by atoms with E-state index in [2.05, 4.69) is 11.8 Å². The van der Waals surface area contributed by atoms with Gasteiger partial charge in [0.05, 0.1) is 5.71 Å². The maximum Gasteiger partial charge on any atom is 0.0684 e. The van der Waals surface area contributed by atoms with Gasteiger partial charge in [-0.3, -0.25) is 5.41 Å². The summed E-state index contributed by atoms with van der Waals surface area (Å²) in [5, 5.41) is 8.12. The Morgan fingerprint density at radius 1 is 0.722 bits per heavy atom. The molecule has 0 bridgehead atoms. The topological polar surface area (TPSA) is 23.9 Å². The minimum atomic E-state index is 0.460. The van der Waals surface area contributed by atoms with Crippen molar-refractivity contribution in [3.8, 4) is 24.7 Å². The largest absolute Gasteiger partial charge is 0.300 e. The summed E-state index contributed by atoms with van der Waals surface area (Å²) in [4.78, 5) is 0. The van der Waals surface area contributed by atoms with Crippen LogP contribution in [0.3, 0.4) is 0 Å². The van der Waals surface area contributed by atoms with Crippen LogP contribution in [0.15, 0.2) is 48.5 Å². The third kappa shape index (κ3) is 2.32. The number of benzene rings is 2. The van der Waals surface area contributed by atoms with Crippen LogP contribution in [0.4, 0.5) is 0 Å². The zero-order chi connectivity index (χ0) is 13.0. The summed E-state index contributed by atoms with van der Waals surface area (Å²) >= 11 is 0. The molecule has 1 nitrogen and oxygen atoms in total. The van der Waals surface area contributed by atoms with E-state index in [1.54, 1.807) is 0 Å². The number of terminal acetylenes is 2. The fourth-order valence-electron chi connectivity index (χ4n) is 1.63. The van der Waals surface area contributed by atoms with Crippen LogP contribution in [-0.2, 0) is 0 Å². The van der Waals surface area contributed by atoms with Crippen LogP contribution < -0.4 is 0 Å². The SMILES string of the molecule is C#Cc1ccc(C(=N)c2ccc(C#C)cc2)cc1. The molecule has 1 heteroatoms. The molecule has 2 aromatic carbocycles. The van der Waals surface area contributed by atoms with Crippen molar-refractivity contribution in [3.05, 3.63) is 70.8 Å². The van der Waals surface area contributed by atoms with Crippen molar-refractivity contribution in [3.63, 3.8) is 0 Å². The molecule has 1 N–H and O–H groups in total. The Morgan fingerprint density at radius 2 is 1.06 bits per heavy atom. The summed E-state index contributed by atoms with van der Waals surface area (Å²) in [5.41, 5.74) is 3.76. The van der Waals surface area contributed by atoms with E-state index in [9.17, 15) is 0 Å². The first-order valence-electron chi connectivity index (χ1n) is 5.47. The fraction of sp³-hybridized carbons (Fsp3) is 0. The number of nitrogens with one attached hydrogen (secondary N) is 1. The van der Waals surface area contributed by atoms with Gasteiger partial charge >= 0.3 is 0 Å². The van der Waals surface area contributed by atoms with Crippen LogP contribution in [0.1, 0.15) is 22.3 Å². The summed E-state index contributed by atoms with van der Waals surface area (Å²) in [6.07, 6.45) is 10.6. The van der Waals surface area contributed by atoms with Gasteiger partial charge in [-0.1, -0.05) is 36.1 Å². The highest BCUT2D eigenvalue weighted by molar-refractivity contribution is 6.10. The van der Waals surface area contributed by atoms with Crippen molar-refractivity contribution in [2.24, 2.45) is 0 Å². The van der Waals surface area contributed by atoms with Crippen LogP contribution in [0.5, 0.6) is 0 Å². The smallest absolute Gasteiger partial charge is 0.0684 e. The molecular weight excluding hydrogens is 218 g/mol. The Morgan fingerprint density at radius 3 is 1.33 bits per heavy atom. The van der Waals surface area contributed by atoms with E-state index >= 15 is 0 Å². The van der Waals surface area contributed by atoms with Crippen molar-refractivity contribution in [1.82, 2.24) is 0 Å². The van der Waals surface area contributed by atoms with Gasteiger partial charge in [-0.15, -0.1) is 12.8 Å². The normalized spacial score (nSPS) is 9.22. The predicted molar refractivity (Wildman–Crippen MR) is 74.7 cm³/mol. The standard InChI is InChI=1S/C17H11N/c1-3-13-5-9-15(10-6-13)17(18)16-11-7-14(4-2)8-12-16/h1-2,5-12,18H. The summed E-state index contributed by atoms with van der Waals surface area (Å²) in [6, 6.07) is 14.7. The van der Waals surface area contributed by atoms with Crippen molar-refractivity contribution in [2.45, 2.75) is 0 Å². The molecule has 0 aliphatic heterocycles. The second-order valence-electron chi connectivity index (χ2n) is 3.82. The van der Waals surface area contributed by atoms with E-state index in [0.29, 0.717) is 5.71 Å². The zero-order valence-electron chi connectivity index (χ0n) is 9.77. The summed E-state index contributed by atoms with van der Waals surface area (Å²) in [6.45, 7) is 0. The van der Waals surface area contributed by atoms with Gasteiger partial charge in [0.15, 0.2) is 0 Å². The third-order valence-corrected chi connectivity index (χ3v) is 2.68. The molecule has 2 rings (SSSR count). The molecule has 0 amide bonds. The first kappa shape index (κ1) is 11.7. The predicted octanol–water partition coefficient (Wildman–Crippen LogP) is 3.07. The first-order chi connectivity index (χ1) is 8.74. The number of hydrogen-bond acceptors (Lipinski definition) is 1. The molecule has 0 aliphatic rings. The maximum atomic E-state index is 8.12. The van der Waals surface area contributed by atoms with E-state index in [1.165, 1.54) is 0 Å². The Bertz CT molecular complexity index is 587. The van der Waals surface area contributed by atoms with Gasteiger partial charge < -0.3 is 0 Å². The molecule has 0 aliphatic carbocycles. The van der Waals surface area contributed by atoms with Gasteiger partial charge in [0.2, 0.25) is 0 Å². The zero-order valence-corrected chi connectivity index (χ0v) is 9.77. The maximum absolute atomic E-state index is 8.12. The van der Waals surface area contributed by atoms with E-state index in [4.69, 9.17) is 18.3 Å². The molecule has 0 saturated carbocycles. The Hall–Kier alpha value is -2.77. The molecule has 0 unspecified atom stereocenters. The molecule has 0 fully saturated rings. The molecule has 18 heavy (non-hydrogen) atoms. The average Bonchev–Trinajstić information content (AvgIpc) is 2.47. The molecule has 0 aromatic heterocycles. The van der Waals surface area contributed by atoms with E-state index < -0.39 is 0 Å². The number of rotatable bonds is 2. The lowest BCUT2D eigenvalue weighted by atomic mass is 10.0. The second-order valence-corrected chi connectivity index (χ2v) is 3.82. The summed E-state index contributed by atoms with van der Waals surface area (Å²) in [5.74, 6) is 5.11. The van der Waals surface area contributed by atoms with Crippen LogP contribution in [-0.4, -0.2) is 5.71 Å².